The van der Waals surface area contributed by atoms with Gasteiger partial charge in [0.1, 0.15) is 6.54 Å². The number of sulfonamides is 1. The number of ether oxygens (including phenoxy) is 1. The molecule has 180 valence electrons. The summed E-state index contributed by atoms with van der Waals surface area (Å²) in [7, 11) is -2.45. The number of piperidine rings is 1. The van der Waals surface area contributed by atoms with Crippen LogP contribution in [-0.2, 0) is 30.9 Å². The fourth-order valence-corrected chi connectivity index (χ4v) is 6.70. The SMILES string of the molecule is COC(=O)Cn1c(=NC(=O)C2CCCN(S(=O)(=O)c3ccc(Cl)cc3)C2)sc2cc(C)ccc21. The molecular weight excluding hydrogens is 498 g/mol. The zero-order valence-corrected chi connectivity index (χ0v) is 21.1. The van der Waals surface area contributed by atoms with Gasteiger partial charge in [-0.15, -0.1) is 0 Å². The Kier molecular flexibility index (Phi) is 7.22. The van der Waals surface area contributed by atoms with E-state index in [0.717, 1.165) is 15.8 Å². The largest absolute Gasteiger partial charge is 0.468 e. The zero-order valence-electron chi connectivity index (χ0n) is 18.7. The van der Waals surface area contributed by atoms with Crippen molar-refractivity contribution >= 4 is 55.1 Å². The summed E-state index contributed by atoms with van der Waals surface area (Å²) in [5, 5.41) is 0.447. The van der Waals surface area contributed by atoms with Gasteiger partial charge in [-0.25, -0.2) is 8.42 Å². The third kappa shape index (κ3) is 5.10. The Bertz CT molecular complexity index is 1410. The highest BCUT2D eigenvalue weighted by atomic mass is 35.5. The van der Waals surface area contributed by atoms with Gasteiger partial charge in [0.05, 0.1) is 28.1 Å². The van der Waals surface area contributed by atoms with Crippen molar-refractivity contribution < 1.29 is 22.7 Å². The molecule has 0 saturated carbocycles. The van der Waals surface area contributed by atoms with Gasteiger partial charge in [-0.3, -0.25) is 9.59 Å². The fraction of sp³-hybridized carbons (Fsp3) is 0.348. The maximum Gasteiger partial charge on any atom is 0.325 e. The van der Waals surface area contributed by atoms with E-state index in [1.807, 2.05) is 25.1 Å². The first-order valence-corrected chi connectivity index (χ1v) is 13.3. The first-order valence-electron chi connectivity index (χ1n) is 10.7. The average molecular weight is 522 g/mol. The third-order valence-corrected chi connectivity index (χ3v) is 8.92. The van der Waals surface area contributed by atoms with E-state index in [1.165, 1.54) is 47.0 Å². The molecule has 0 bridgehead atoms. The minimum atomic E-state index is -3.75. The number of fused-ring (bicyclic) bond motifs is 1. The highest BCUT2D eigenvalue weighted by Gasteiger charge is 2.33. The van der Waals surface area contributed by atoms with Crippen LogP contribution in [-0.4, -0.2) is 49.4 Å². The van der Waals surface area contributed by atoms with Crippen LogP contribution in [0.1, 0.15) is 18.4 Å². The van der Waals surface area contributed by atoms with E-state index < -0.39 is 27.8 Å². The quantitative estimate of drug-likeness (QED) is 0.479. The topological polar surface area (TPSA) is 98.0 Å². The number of hydrogen-bond donors (Lipinski definition) is 0. The molecule has 1 unspecified atom stereocenters. The lowest BCUT2D eigenvalue weighted by Crippen LogP contribution is -2.42. The van der Waals surface area contributed by atoms with Crippen LogP contribution in [0.15, 0.2) is 52.4 Å². The van der Waals surface area contributed by atoms with E-state index in [2.05, 4.69) is 4.99 Å². The summed E-state index contributed by atoms with van der Waals surface area (Å²) < 4.78 is 34.8. The predicted octanol–water partition coefficient (Wildman–Crippen LogP) is 3.37. The molecular formula is C23H24ClN3O5S2. The number of methoxy groups -OCH3 is 1. The minimum Gasteiger partial charge on any atom is -0.468 e. The van der Waals surface area contributed by atoms with Crippen molar-refractivity contribution in [2.24, 2.45) is 10.9 Å². The van der Waals surface area contributed by atoms with Crippen LogP contribution >= 0.6 is 22.9 Å². The number of hydrogen-bond acceptors (Lipinski definition) is 6. The molecule has 0 spiro atoms. The van der Waals surface area contributed by atoms with Crippen molar-refractivity contribution in [2.75, 3.05) is 20.2 Å². The van der Waals surface area contributed by atoms with Crippen molar-refractivity contribution in [1.82, 2.24) is 8.87 Å². The van der Waals surface area contributed by atoms with Crippen LogP contribution in [0.5, 0.6) is 0 Å². The number of esters is 1. The number of aromatic nitrogens is 1. The lowest BCUT2D eigenvalue weighted by Gasteiger charge is -2.30. The van der Waals surface area contributed by atoms with Crippen LogP contribution in [0.3, 0.4) is 0 Å². The number of thiazole rings is 1. The Hall–Kier alpha value is -2.53. The molecule has 3 aromatic rings. The lowest BCUT2D eigenvalue weighted by molar-refractivity contribution is -0.141. The van der Waals surface area contributed by atoms with Crippen molar-refractivity contribution in [3.63, 3.8) is 0 Å². The number of rotatable bonds is 5. The Labute approximate surface area is 206 Å². The number of halogens is 1. The van der Waals surface area contributed by atoms with E-state index in [1.54, 1.807) is 4.57 Å². The van der Waals surface area contributed by atoms with Crippen LogP contribution in [0.25, 0.3) is 10.2 Å². The summed E-state index contributed by atoms with van der Waals surface area (Å²) in [5.74, 6) is -1.43. The normalized spacial score (nSPS) is 17.7. The Morgan fingerprint density at radius 1 is 1.21 bits per heavy atom. The summed E-state index contributed by atoms with van der Waals surface area (Å²) in [4.78, 5) is 30.0. The number of aryl methyl sites for hydroxylation is 1. The predicted molar refractivity (Wildman–Crippen MR) is 130 cm³/mol. The first kappa shape index (κ1) is 24.6. The Morgan fingerprint density at radius 3 is 2.65 bits per heavy atom. The fourth-order valence-electron chi connectivity index (χ4n) is 3.92. The second kappa shape index (κ2) is 9.99. The number of benzene rings is 2. The highest BCUT2D eigenvalue weighted by molar-refractivity contribution is 7.89. The second-order valence-corrected chi connectivity index (χ2v) is 11.5. The Balaban J connectivity index is 1.64. The number of carbonyl (C=O) groups excluding carboxylic acids is 2. The van der Waals surface area contributed by atoms with Crippen LogP contribution in [0.4, 0.5) is 0 Å². The first-order chi connectivity index (χ1) is 16.2. The van der Waals surface area contributed by atoms with E-state index in [-0.39, 0.29) is 18.0 Å². The van der Waals surface area contributed by atoms with Gasteiger partial charge < -0.3 is 9.30 Å². The molecule has 2 heterocycles. The number of amides is 1. The molecule has 1 aromatic heterocycles. The van der Waals surface area contributed by atoms with Gasteiger partial charge in [0, 0.05) is 18.1 Å². The van der Waals surface area contributed by atoms with Gasteiger partial charge >= 0.3 is 5.97 Å². The second-order valence-electron chi connectivity index (χ2n) is 8.12. The molecule has 1 saturated heterocycles. The molecule has 1 amide bonds. The molecule has 1 atom stereocenters. The van der Waals surface area contributed by atoms with Gasteiger partial charge in [0.2, 0.25) is 10.0 Å². The molecule has 34 heavy (non-hydrogen) atoms. The molecule has 0 aliphatic carbocycles. The molecule has 1 fully saturated rings. The van der Waals surface area contributed by atoms with Gasteiger partial charge in [0.15, 0.2) is 4.80 Å². The maximum atomic E-state index is 13.1. The zero-order chi connectivity index (χ0) is 24.5. The maximum absolute atomic E-state index is 13.1. The summed E-state index contributed by atoms with van der Waals surface area (Å²) in [6.45, 7) is 2.27. The van der Waals surface area contributed by atoms with Gasteiger partial charge in [0.25, 0.3) is 5.91 Å². The average Bonchev–Trinajstić information content (AvgIpc) is 3.14. The summed E-state index contributed by atoms with van der Waals surface area (Å²) >= 11 is 7.20. The highest BCUT2D eigenvalue weighted by Crippen LogP contribution is 2.26. The van der Waals surface area contributed by atoms with Gasteiger partial charge in [-0.05, 0) is 61.7 Å². The van der Waals surface area contributed by atoms with Crippen LogP contribution in [0.2, 0.25) is 5.02 Å². The molecule has 2 aromatic carbocycles. The van der Waals surface area contributed by atoms with E-state index in [0.29, 0.717) is 29.2 Å². The van der Waals surface area contributed by atoms with Gasteiger partial charge in [-0.2, -0.15) is 9.30 Å². The van der Waals surface area contributed by atoms with Crippen LogP contribution < -0.4 is 4.80 Å². The van der Waals surface area contributed by atoms with Crippen molar-refractivity contribution in [1.29, 1.82) is 0 Å². The van der Waals surface area contributed by atoms with E-state index >= 15 is 0 Å². The summed E-state index contributed by atoms with van der Waals surface area (Å²) in [6, 6.07) is 11.8. The molecule has 8 nitrogen and oxygen atoms in total. The summed E-state index contributed by atoms with van der Waals surface area (Å²) in [5.41, 5.74) is 1.83. The molecule has 4 rings (SSSR count). The standard InChI is InChI=1S/C23H24ClN3O5S2/c1-15-5-10-19-20(12-15)33-23(27(19)14-21(28)32-2)25-22(29)16-4-3-11-26(13-16)34(30,31)18-8-6-17(24)7-9-18/h5-10,12,16H,3-4,11,13-14H2,1-2H3. The lowest BCUT2D eigenvalue weighted by atomic mass is 9.99. The van der Waals surface area contributed by atoms with Crippen LogP contribution in [0, 0.1) is 12.8 Å². The third-order valence-electron chi connectivity index (χ3n) is 5.74. The van der Waals surface area contributed by atoms with Crippen molar-refractivity contribution in [2.45, 2.75) is 31.2 Å². The molecule has 1 aliphatic heterocycles. The van der Waals surface area contributed by atoms with E-state index in [9.17, 15) is 18.0 Å². The van der Waals surface area contributed by atoms with Crippen molar-refractivity contribution in [3.05, 3.63) is 57.9 Å². The monoisotopic (exact) mass is 521 g/mol. The summed E-state index contributed by atoms with van der Waals surface area (Å²) in [6.07, 6.45) is 1.09. The number of nitrogens with zero attached hydrogens (tertiary/aromatic N) is 3. The van der Waals surface area contributed by atoms with Gasteiger partial charge in [-0.1, -0.05) is 29.0 Å². The smallest absolute Gasteiger partial charge is 0.325 e. The molecule has 1 aliphatic rings. The molecule has 0 radical (unpaired) electrons. The minimum absolute atomic E-state index is 0.0499. The number of carbonyl (C=O) groups is 2. The Morgan fingerprint density at radius 2 is 1.94 bits per heavy atom. The molecule has 11 heteroatoms. The van der Waals surface area contributed by atoms with E-state index in [4.69, 9.17) is 16.3 Å². The molecule has 0 N–H and O–H groups in total. The van der Waals surface area contributed by atoms with Crippen molar-refractivity contribution in [3.8, 4) is 0 Å².